The highest BCUT2D eigenvalue weighted by molar-refractivity contribution is 9.09. The molecule has 0 saturated carbocycles. The summed E-state index contributed by atoms with van der Waals surface area (Å²) in [6.45, 7) is -0.596. The number of rotatable bonds is 8. The first kappa shape index (κ1) is 13.9. The molecule has 0 bridgehead atoms. The van der Waals surface area contributed by atoms with E-state index in [0.717, 1.165) is 24.6 Å². The second-order valence-corrected chi connectivity index (χ2v) is 3.88. The molecule has 0 aromatic heterocycles. The van der Waals surface area contributed by atoms with Crippen LogP contribution in [-0.2, 0) is 9.53 Å². The SMILES string of the molecule is O=C(CC(CO)CCCCBr)OCO. The van der Waals surface area contributed by atoms with Gasteiger partial charge in [0.25, 0.3) is 0 Å². The van der Waals surface area contributed by atoms with Crippen molar-refractivity contribution in [2.24, 2.45) is 5.92 Å². The van der Waals surface area contributed by atoms with Gasteiger partial charge in [-0.05, 0) is 18.8 Å². The molecule has 0 aromatic carbocycles. The third kappa shape index (κ3) is 7.29. The molecule has 0 aliphatic carbocycles. The van der Waals surface area contributed by atoms with Gasteiger partial charge in [-0.3, -0.25) is 4.79 Å². The van der Waals surface area contributed by atoms with Gasteiger partial charge >= 0.3 is 5.97 Å². The number of carbonyl (C=O) groups is 1. The van der Waals surface area contributed by atoms with Crippen molar-refractivity contribution in [3.8, 4) is 0 Å². The maximum Gasteiger partial charge on any atom is 0.308 e. The van der Waals surface area contributed by atoms with Crippen molar-refractivity contribution in [3.05, 3.63) is 0 Å². The van der Waals surface area contributed by atoms with Crippen molar-refractivity contribution in [1.29, 1.82) is 0 Å². The normalized spacial score (nSPS) is 12.5. The third-order valence-electron chi connectivity index (χ3n) is 1.94. The number of carbonyl (C=O) groups excluding carboxylic acids is 1. The molecule has 0 amide bonds. The smallest absolute Gasteiger partial charge is 0.308 e. The van der Waals surface area contributed by atoms with E-state index in [9.17, 15) is 4.79 Å². The van der Waals surface area contributed by atoms with E-state index < -0.39 is 12.8 Å². The Bertz CT molecular complexity index is 152. The van der Waals surface area contributed by atoms with Crippen molar-refractivity contribution in [2.45, 2.75) is 25.7 Å². The number of esters is 1. The van der Waals surface area contributed by atoms with E-state index in [2.05, 4.69) is 20.7 Å². The molecule has 0 fully saturated rings. The molecular weight excluding hydrogens is 252 g/mol. The molecule has 0 aliphatic heterocycles. The van der Waals surface area contributed by atoms with Crippen molar-refractivity contribution in [2.75, 3.05) is 18.7 Å². The summed E-state index contributed by atoms with van der Waals surface area (Å²) < 4.78 is 4.38. The first-order valence-corrected chi connectivity index (χ1v) is 5.80. The summed E-state index contributed by atoms with van der Waals surface area (Å²) in [5, 5.41) is 18.2. The highest BCUT2D eigenvalue weighted by Gasteiger charge is 2.13. The van der Waals surface area contributed by atoms with E-state index in [-0.39, 0.29) is 18.9 Å². The Labute approximate surface area is 92.4 Å². The van der Waals surface area contributed by atoms with Crippen LogP contribution in [0.5, 0.6) is 0 Å². The topological polar surface area (TPSA) is 66.8 Å². The minimum Gasteiger partial charge on any atom is -0.439 e. The van der Waals surface area contributed by atoms with Gasteiger partial charge in [-0.2, -0.15) is 0 Å². The number of hydrogen-bond donors (Lipinski definition) is 2. The fourth-order valence-electron chi connectivity index (χ4n) is 1.15. The summed E-state index contributed by atoms with van der Waals surface area (Å²) in [6.07, 6.45) is 3.00. The number of halogens is 1. The lowest BCUT2D eigenvalue weighted by molar-refractivity contribution is -0.153. The molecule has 1 atom stereocenters. The molecule has 0 aliphatic rings. The Morgan fingerprint density at radius 3 is 2.57 bits per heavy atom. The van der Waals surface area contributed by atoms with Gasteiger partial charge in [0.15, 0.2) is 6.79 Å². The molecule has 0 aromatic rings. The molecule has 84 valence electrons. The van der Waals surface area contributed by atoms with Gasteiger partial charge in [0.1, 0.15) is 0 Å². The zero-order valence-electron chi connectivity index (χ0n) is 8.12. The summed E-state index contributed by atoms with van der Waals surface area (Å²) in [5.41, 5.74) is 0. The Hall–Kier alpha value is -0.130. The van der Waals surface area contributed by atoms with Gasteiger partial charge < -0.3 is 14.9 Å². The monoisotopic (exact) mass is 268 g/mol. The molecule has 1 unspecified atom stereocenters. The van der Waals surface area contributed by atoms with E-state index in [0.29, 0.717) is 0 Å². The first-order valence-electron chi connectivity index (χ1n) is 4.67. The van der Waals surface area contributed by atoms with Crippen LogP contribution in [0.25, 0.3) is 0 Å². The highest BCUT2D eigenvalue weighted by Crippen LogP contribution is 2.13. The summed E-state index contributed by atoms with van der Waals surface area (Å²) in [7, 11) is 0. The van der Waals surface area contributed by atoms with Gasteiger partial charge in [-0.25, -0.2) is 0 Å². The second-order valence-electron chi connectivity index (χ2n) is 3.08. The maximum atomic E-state index is 10.9. The minimum atomic E-state index is -0.585. The van der Waals surface area contributed by atoms with Crippen LogP contribution in [0.4, 0.5) is 0 Å². The van der Waals surface area contributed by atoms with E-state index in [1.807, 2.05) is 0 Å². The Balaban J connectivity index is 3.61. The highest BCUT2D eigenvalue weighted by atomic mass is 79.9. The van der Waals surface area contributed by atoms with Gasteiger partial charge in [0.05, 0.1) is 6.42 Å². The van der Waals surface area contributed by atoms with E-state index in [1.165, 1.54) is 0 Å². The Morgan fingerprint density at radius 1 is 1.36 bits per heavy atom. The van der Waals surface area contributed by atoms with Crippen LogP contribution in [0.3, 0.4) is 0 Å². The number of ether oxygens (including phenoxy) is 1. The molecule has 0 radical (unpaired) electrons. The van der Waals surface area contributed by atoms with E-state index >= 15 is 0 Å². The molecule has 0 saturated heterocycles. The Morgan fingerprint density at radius 2 is 2.07 bits per heavy atom. The number of unbranched alkanes of at least 4 members (excludes halogenated alkanes) is 1. The van der Waals surface area contributed by atoms with Crippen molar-refractivity contribution >= 4 is 21.9 Å². The summed E-state index contributed by atoms with van der Waals surface area (Å²) >= 11 is 3.31. The van der Waals surface area contributed by atoms with Gasteiger partial charge in [-0.1, -0.05) is 22.4 Å². The largest absolute Gasteiger partial charge is 0.439 e. The van der Waals surface area contributed by atoms with E-state index in [1.54, 1.807) is 0 Å². The number of aliphatic hydroxyl groups is 2. The van der Waals surface area contributed by atoms with Crippen molar-refractivity contribution < 1.29 is 19.7 Å². The average molecular weight is 269 g/mol. The molecule has 2 N–H and O–H groups in total. The van der Waals surface area contributed by atoms with Crippen LogP contribution in [-0.4, -0.2) is 34.9 Å². The molecule has 14 heavy (non-hydrogen) atoms. The lowest BCUT2D eigenvalue weighted by Crippen LogP contribution is -2.15. The lowest BCUT2D eigenvalue weighted by atomic mass is 10.00. The summed E-state index contributed by atoms with van der Waals surface area (Å²) in [5.74, 6) is -0.501. The van der Waals surface area contributed by atoms with Crippen molar-refractivity contribution in [3.63, 3.8) is 0 Å². The van der Waals surface area contributed by atoms with Crippen LogP contribution < -0.4 is 0 Å². The lowest BCUT2D eigenvalue weighted by Gasteiger charge is -2.12. The van der Waals surface area contributed by atoms with E-state index in [4.69, 9.17) is 10.2 Å². The maximum absolute atomic E-state index is 10.9. The van der Waals surface area contributed by atoms with Crippen LogP contribution in [0, 0.1) is 5.92 Å². The quantitative estimate of drug-likeness (QED) is 0.299. The van der Waals surface area contributed by atoms with Crippen LogP contribution >= 0.6 is 15.9 Å². The van der Waals surface area contributed by atoms with Crippen LogP contribution in [0.1, 0.15) is 25.7 Å². The molecule has 0 rings (SSSR count). The minimum absolute atomic E-state index is 0.0111. The summed E-state index contributed by atoms with van der Waals surface area (Å²) in [4.78, 5) is 10.9. The van der Waals surface area contributed by atoms with Crippen LogP contribution in [0.2, 0.25) is 0 Å². The molecular formula is C9H17BrO4. The standard InChI is InChI=1S/C9H17BrO4/c10-4-2-1-3-8(6-11)5-9(13)14-7-12/h8,11-12H,1-7H2. The molecule has 5 heteroatoms. The molecule has 4 nitrogen and oxygen atoms in total. The fourth-order valence-corrected chi connectivity index (χ4v) is 1.55. The number of hydrogen-bond acceptors (Lipinski definition) is 4. The average Bonchev–Trinajstić information content (AvgIpc) is 2.17. The third-order valence-corrected chi connectivity index (χ3v) is 2.50. The van der Waals surface area contributed by atoms with Gasteiger partial charge in [0.2, 0.25) is 0 Å². The molecule has 0 spiro atoms. The number of alkyl halides is 1. The van der Waals surface area contributed by atoms with Gasteiger partial charge in [0, 0.05) is 11.9 Å². The summed E-state index contributed by atoms with van der Waals surface area (Å²) in [6, 6.07) is 0. The zero-order valence-corrected chi connectivity index (χ0v) is 9.70. The predicted molar refractivity (Wildman–Crippen MR) is 56.0 cm³/mol. The Kier molecular flexibility index (Phi) is 9.34. The second kappa shape index (κ2) is 9.43. The van der Waals surface area contributed by atoms with Crippen LogP contribution in [0.15, 0.2) is 0 Å². The zero-order chi connectivity index (χ0) is 10.8. The van der Waals surface area contributed by atoms with Gasteiger partial charge in [-0.15, -0.1) is 0 Å². The predicted octanol–water partition coefficient (Wildman–Crippen LogP) is 1.04. The molecule has 0 heterocycles. The first-order chi connectivity index (χ1) is 6.74. The van der Waals surface area contributed by atoms with Crippen molar-refractivity contribution in [1.82, 2.24) is 0 Å². The number of aliphatic hydroxyl groups excluding tert-OH is 2. The fraction of sp³-hybridized carbons (Fsp3) is 0.889.